The summed E-state index contributed by atoms with van der Waals surface area (Å²) >= 11 is 5.93. The predicted molar refractivity (Wildman–Crippen MR) is 98.2 cm³/mol. The maximum Gasteiger partial charge on any atom is 0.225 e. The van der Waals surface area contributed by atoms with Crippen LogP contribution in [0.1, 0.15) is 37.9 Å². The van der Waals surface area contributed by atoms with E-state index in [-0.39, 0.29) is 18.0 Å². The summed E-state index contributed by atoms with van der Waals surface area (Å²) in [6.45, 7) is 0. The van der Waals surface area contributed by atoms with Gasteiger partial charge in [-0.3, -0.25) is 10.1 Å². The van der Waals surface area contributed by atoms with Gasteiger partial charge >= 0.3 is 0 Å². The molecule has 1 aliphatic heterocycles. The maximum atomic E-state index is 12.3. The third kappa shape index (κ3) is 3.72. The summed E-state index contributed by atoms with van der Waals surface area (Å²) in [6.07, 6.45) is 8.02. The van der Waals surface area contributed by atoms with Crippen molar-refractivity contribution in [3.63, 3.8) is 0 Å². The van der Waals surface area contributed by atoms with E-state index in [1.54, 1.807) is 0 Å². The molecule has 5 nitrogen and oxygen atoms in total. The minimum absolute atomic E-state index is 0.0379. The molecule has 4 rings (SSSR count). The van der Waals surface area contributed by atoms with Crippen molar-refractivity contribution in [3.05, 3.63) is 41.3 Å². The van der Waals surface area contributed by atoms with Crippen LogP contribution < -0.4 is 10.6 Å². The molecule has 132 valence electrons. The van der Waals surface area contributed by atoms with Gasteiger partial charge in [0.05, 0.1) is 24.0 Å². The lowest BCUT2D eigenvalue weighted by atomic mass is 9.82. The molecule has 1 saturated carbocycles. The van der Waals surface area contributed by atoms with Crippen molar-refractivity contribution in [2.75, 3.05) is 0 Å². The van der Waals surface area contributed by atoms with Gasteiger partial charge < -0.3 is 10.3 Å². The highest BCUT2D eigenvalue weighted by atomic mass is 35.5. The molecule has 1 aromatic carbocycles. The summed E-state index contributed by atoms with van der Waals surface area (Å²) in [4.78, 5) is 20.1. The zero-order valence-electron chi connectivity index (χ0n) is 14.1. The number of amides is 1. The number of aromatic amines is 1. The third-order valence-corrected chi connectivity index (χ3v) is 5.54. The van der Waals surface area contributed by atoms with E-state index in [0.717, 1.165) is 47.8 Å². The highest BCUT2D eigenvalue weighted by molar-refractivity contribution is 6.30. The highest BCUT2D eigenvalue weighted by Crippen LogP contribution is 2.27. The number of aromatic nitrogens is 2. The molecule has 2 heterocycles. The molecule has 2 aromatic rings. The lowest BCUT2D eigenvalue weighted by molar-refractivity contribution is -0.130. The number of nitrogens with zero attached hydrogens (tertiary/aromatic N) is 1. The van der Waals surface area contributed by atoms with Gasteiger partial charge in [0.1, 0.15) is 5.82 Å². The van der Waals surface area contributed by atoms with Gasteiger partial charge in [-0.2, -0.15) is 0 Å². The van der Waals surface area contributed by atoms with Crippen molar-refractivity contribution in [3.8, 4) is 11.3 Å². The van der Waals surface area contributed by atoms with E-state index in [1.165, 1.54) is 12.8 Å². The van der Waals surface area contributed by atoms with E-state index in [9.17, 15) is 4.79 Å². The van der Waals surface area contributed by atoms with E-state index in [4.69, 9.17) is 11.6 Å². The SMILES string of the molecule is O=C1NC(CCc2ncc(-c3ccc(Cl)cc3)[nH]2)NC2CCCCC12. The Morgan fingerprint density at radius 2 is 1.96 bits per heavy atom. The quantitative estimate of drug-likeness (QED) is 0.785. The fourth-order valence-corrected chi connectivity index (χ4v) is 4.05. The molecule has 3 unspecified atom stereocenters. The topological polar surface area (TPSA) is 69.8 Å². The van der Waals surface area contributed by atoms with Crippen molar-refractivity contribution in [2.24, 2.45) is 5.92 Å². The molecular formula is C19H23ClN4O. The molecule has 2 fully saturated rings. The molecule has 1 aromatic heterocycles. The Balaban J connectivity index is 1.35. The van der Waals surface area contributed by atoms with Crippen molar-refractivity contribution >= 4 is 17.5 Å². The van der Waals surface area contributed by atoms with Crippen LogP contribution in [-0.4, -0.2) is 28.1 Å². The Morgan fingerprint density at radius 1 is 1.16 bits per heavy atom. The van der Waals surface area contributed by atoms with E-state index in [2.05, 4.69) is 20.6 Å². The summed E-state index contributed by atoms with van der Waals surface area (Å²) < 4.78 is 0. The first-order valence-corrected chi connectivity index (χ1v) is 9.43. The third-order valence-electron chi connectivity index (χ3n) is 5.29. The van der Waals surface area contributed by atoms with E-state index in [0.29, 0.717) is 6.04 Å². The number of hydrogen-bond acceptors (Lipinski definition) is 3. The molecule has 25 heavy (non-hydrogen) atoms. The summed E-state index contributed by atoms with van der Waals surface area (Å²) in [5.74, 6) is 1.31. The number of H-pyrrole nitrogens is 1. The predicted octanol–water partition coefficient (Wildman–Crippen LogP) is 3.27. The summed E-state index contributed by atoms with van der Waals surface area (Å²) in [5, 5.41) is 7.46. The number of carbonyl (C=O) groups excluding carboxylic acids is 1. The zero-order chi connectivity index (χ0) is 17.2. The van der Waals surface area contributed by atoms with Crippen LogP contribution in [0.5, 0.6) is 0 Å². The number of nitrogens with one attached hydrogen (secondary N) is 3. The molecule has 0 bridgehead atoms. The van der Waals surface area contributed by atoms with Crippen LogP contribution in [0, 0.1) is 5.92 Å². The molecule has 1 saturated heterocycles. The monoisotopic (exact) mass is 358 g/mol. The second-order valence-corrected chi connectivity index (χ2v) is 7.45. The van der Waals surface area contributed by atoms with Gasteiger partial charge in [-0.1, -0.05) is 36.6 Å². The summed E-state index contributed by atoms with van der Waals surface area (Å²) in [7, 11) is 0. The van der Waals surface area contributed by atoms with Gasteiger partial charge in [0.15, 0.2) is 0 Å². The van der Waals surface area contributed by atoms with Gasteiger partial charge in [0.25, 0.3) is 0 Å². The van der Waals surface area contributed by atoms with Gasteiger partial charge in [0.2, 0.25) is 5.91 Å². The number of imidazole rings is 1. The molecule has 2 aliphatic rings. The van der Waals surface area contributed by atoms with E-state index < -0.39 is 0 Å². The van der Waals surface area contributed by atoms with Crippen LogP contribution >= 0.6 is 11.6 Å². The van der Waals surface area contributed by atoms with Crippen LogP contribution in [0.15, 0.2) is 30.5 Å². The minimum atomic E-state index is 0.0379. The first-order chi connectivity index (χ1) is 12.2. The van der Waals surface area contributed by atoms with E-state index in [1.807, 2.05) is 30.5 Å². The average Bonchev–Trinajstić information content (AvgIpc) is 3.10. The highest BCUT2D eigenvalue weighted by Gasteiger charge is 2.36. The molecule has 1 aliphatic carbocycles. The molecule has 0 radical (unpaired) electrons. The van der Waals surface area contributed by atoms with Crippen molar-refractivity contribution in [2.45, 2.75) is 50.7 Å². The average molecular weight is 359 g/mol. The van der Waals surface area contributed by atoms with Crippen molar-refractivity contribution < 1.29 is 4.79 Å². The number of hydrogen-bond donors (Lipinski definition) is 3. The number of aryl methyl sites for hydroxylation is 1. The molecule has 3 atom stereocenters. The Bertz CT molecular complexity index is 742. The lowest BCUT2D eigenvalue weighted by Gasteiger charge is -2.40. The van der Waals surface area contributed by atoms with Crippen LogP contribution in [0.25, 0.3) is 11.3 Å². The first-order valence-electron chi connectivity index (χ1n) is 9.05. The van der Waals surface area contributed by atoms with Crippen molar-refractivity contribution in [1.82, 2.24) is 20.6 Å². The minimum Gasteiger partial charge on any atom is -0.342 e. The first kappa shape index (κ1) is 16.6. The summed E-state index contributed by atoms with van der Waals surface area (Å²) in [6, 6.07) is 8.05. The Morgan fingerprint density at radius 3 is 2.80 bits per heavy atom. The molecular weight excluding hydrogens is 336 g/mol. The number of benzene rings is 1. The molecule has 6 heteroatoms. The zero-order valence-corrected chi connectivity index (χ0v) is 14.9. The van der Waals surface area contributed by atoms with Crippen LogP contribution in [0.4, 0.5) is 0 Å². The standard InChI is InChI=1S/C19H23ClN4O/c20-13-7-5-12(6-8-13)16-11-21-17(23-16)9-10-18-22-15-4-2-1-3-14(15)19(25)24-18/h5-8,11,14-15,18,22H,1-4,9-10H2,(H,21,23)(H,24,25). The number of rotatable bonds is 4. The van der Waals surface area contributed by atoms with Gasteiger partial charge in [0, 0.05) is 17.5 Å². The molecule has 1 amide bonds. The number of fused-ring (bicyclic) bond motifs is 1. The number of halogens is 1. The Hall–Kier alpha value is -1.85. The Labute approximate surface area is 152 Å². The summed E-state index contributed by atoms with van der Waals surface area (Å²) in [5.41, 5.74) is 2.05. The van der Waals surface area contributed by atoms with Gasteiger partial charge in [-0.15, -0.1) is 0 Å². The van der Waals surface area contributed by atoms with Crippen LogP contribution in [-0.2, 0) is 11.2 Å². The van der Waals surface area contributed by atoms with Gasteiger partial charge in [-0.05, 0) is 37.0 Å². The Kier molecular flexibility index (Phi) is 4.77. The normalized spacial score (nSPS) is 26.1. The maximum absolute atomic E-state index is 12.3. The number of carbonyl (C=O) groups is 1. The second-order valence-electron chi connectivity index (χ2n) is 7.01. The van der Waals surface area contributed by atoms with Crippen molar-refractivity contribution in [1.29, 1.82) is 0 Å². The van der Waals surface area contributed by atoms with E-state index >= 15 is 0 Å². The lowest BCUT2D eigenvalue weighted by Crippen LogP contribution is -2.62. The second kappa shape index (κ2) is 7.18. The smallest absolute Gasteiger partial charge is 0.225 e. The fourth-order valence-electron chi connectivity index (χ4n) is 3.93. The molecule has 0 spiro atoms. The van der Waals surface area contributed by atoms with Gasteiger partial charge in [-0.25, -0.2) is 4.98 Å². The fraction of sp³-hybridized carbons (Fsp3) is 0.474. The van der Waals surface area contributed by atoms with Crippen LogP contribution in [0.3, 0.4) is 0 Å². The largest absolute Gasteiger partial charge is 0.342 e. The molecule has 3 N–H and O–H groups in total. The van der Waals surface area contributed by atoms with Crippen LogP contribution in [0.2, 0.25) is 5.02 Å².